The number of hydrogen-bond acceptors (Lipinski definition) is 4. The summed E-state index contributed by atoms with van der Waals surface area (Å²) in [6.45, 7) is 5.18. The van der Waals surface area contributed by atoms with Crippen LogP contribution in [0.15, 0.2) is 30.6 Å². The maximum atomic E-state index is 13.9. The minimum atomic E-state index is -4.54. The van der Waals surface area contributed by atoms with Crippen molar-refractivity contribution in [2.45, 2.75) is 31.5 Å². The molecular formula is C23H29F3N5P. The molecule has 32 heavy (non-hydrogen) atoms. The molecule has 1 saturated carbocycles. The molecular weight excluding hydrogens is 434 g/mol. The molecule has 0 saturated heterocycles. The van der Waals surface area contributed by atoms with Crippen molar-refractivity contribution in [3.05, 3.63) is 36.2 Å². The van der Waals surface area contributed by atoms with E-state index in [0.717, 1.165) is 48.2 Å². The molecule has 0 bridgehead atoms. The Bertz CT molecular complexity index is 1090. The van der Waals surface area contributed by atoms with Gasteiger partial charge in [0.25, 0.3) is 0 Å². The fourth-order valence-electron chi connectivity index (χ4n) is 4.65. The summed E-state index contributed by atoms with van der Waals surface area (Å²) in [5.74, 6) is 0.672. The Balaban J connectivity index is 1.76. The minimum absolute atomic E-state index is 0.0860. The molecule has 2 heterocycles. The van der Waals surface area contributed by atoms with Crippen LogP contribution in [0.2, 0.25) is 0 Å². The largest absolute Gasteiger partial charge is 0.419 e. The van der Waals surface area contributed by atoms with Crippen molar-refractivity contribution >= 4 is 30.1 Å². The summed E-state index contributed by atoms with van der Waals surface area (Å²) in [7, 11) is 3.66. The molecule has 0 spiro atoms. The highest BCUT2D eigenvalue weighted by atomic mass is 31.1. The second-order valence-electron chi connectivity index (χ2n) is 8.95. The summed E-state index contributed by atoms with van der Waals surface area (Å²) in [4.78, 5) is 13.8. The van der Waals surface area contributed by atoms with E-state index < -0.39 is 19.7 Å². The van der Waals surface area contributed by atoms with E-state index in [1.165, 1.54) is 0 Å². The van der Waals surface area contributed by atoms with Gasteiger partial charge in [-0.15, -0.1) is 0 Å². The predicted octanol–water partition coefficient (Wildman–Crippen LogP) is 5.15. The average molecular weight is 463 g/mol. The number of aromatic nitrogens is 3. The van der Waals surface area contributed by atoms with Crippen molar-refractivity contribution in [2.24, 2.45) is 5.92 Å². The molecule has 0 unspecified atom stereocenters. The lowest BCUT2D eigenvalue weighted by Gasteiger charge is -2.24. The molecule has 3 aromatic rings. The van der Waals surface area contributed by atoms with E-state index in [2.05, 4.69) is 38.5 Å². The van der Waals surface area contributed by atoms with E-state index in [9.17, 15) is 13.2 Å². The number of benzene rings is 1. The fraction of sp³-hybridized carbons (Fsp3) is 0.478. The molecule has 0 aliphatic heterocycles. The van der Waals surface area contributed by atoms with Gasteiger partial charge in [-0.05, 0) is 51.5 Å². The summed E-state index contributed by atoms with van der Waals surface area (Å²) in [5, 5.41) is 5.21. The molecule has 2 atom stereocenters. The van der Waals surface area contributed by atoms with Crippen LogP contribution in [-0.4, -0.2) is 59.9 Å². The van der Waals surface area contributed by atoms with Crippen molar-refractivity contribution in [1.82, 2.24) is 19.9 Å². The van der Waals surface area contributed by atoms with Crippen LogP contribution in [0.4, 0.5) is 19.1 Å². The van der Waals surface area contributed by atoms with Crippen molar-refractivity contribution in [1.29, 1.82) is 0 Å². The van der Waals surface area contributed by atoms with E-state index in [-0.39, 0.29) is 17.7 Å². The lowest BCUT2D eigenvalue weighted by atomic mass is 10.0. The molecule has 1 aliphatic carbocycles. The Morgan fingerprint density at radius 3 is 2.69 bits per heavy atom. The number of fused-ring (bicyclic) bond motifs is 1. The summed E-state index contributed by atoms with van der Waals surface area (Å²) in [5.41, 5.74) is 0.424. The summed E-state index contributed by atoms with van der Waals surface area (Å²) in [6, 6.07) is 5.93. The Labute approximate surface area is 187 Å². The predicted molar refractivity (Wildman–Crippen MR) is 126 cm³/mol. The first-order valence-electron chi connectivity index (χ1n) is 10.8. The topological polar surface area (TPSA) is 56.8 Å². The monoisotopic (exact) mass is 463 g/mol. The van der Waals surface area contributed by atoms with E-state index in [0.29, 0.717) is 11.5 Å². The van der Waals surface area contributed by atoms with Crippen LogP contribution in [0.25, 0.3) is 22.2 Å². The fourth-order valence-corrected chi connectivity index (χ4v) is 5.67. The number of para-hydroxylation sites is 1. The van der Waals surface area contributed by atoms with E-state index >= 15 is 0 Å². The second-order valence-corrected chi connectivity index (χ2v) is 11.2. The number of halogens is 3. The van der Waals surface area contributed by atoms with Gasteiger partial charge in [0.2, 0.25) is 5.95 Å². The van der Waals surface area contributed by atoms with Crippen LogP contribution in [0.5, 0.6) is 0 Å². The van der Waals surface area contributed by atoms with Gasteiger partial charge in [0.05, 0.1) is 11.2 Å². The van der Waals surface area contributed by atoms with Gasteiger partial charge in [0.15, 0.2) is 0 Å². The molecule has 5 nitrogen and oxygen atoms in total. The quantitative estimate of drug-likeness (QED) is 0.497. The van der Waals surface area contributed by atoms with Crippen LogP contribution in [0, 0.1) is 5.92 Å². The van der Waals surface area contributed by atoms with Gasteiger partial charge >= 0.3 is 6.18 Å². The Kier molecular flexibility index (Phi) is 6.46. The standard InChI is InChI=1S/C23H29F3N5P/c1-31(2)13-14-7-5-9-18(14)29-22-28-12-17(23(24,25)26)20(30-22)16-11-27-21-15(16)8-6-10-19(21)32(3)4/h6,8,10-12,14,18,27H,5,7,9,13H2,1-4H3,(H,28,29,30)/t14-,18-/m0/s1. The van der Waals surface area contributed by atoms with Crippen LogP contribution in [0.1, 0.15) is 24.8 Å². The molecule has 172 valence electrons. The van der Waals surface area contributed by atoms with Gasteiger partial charge in [-0.25, -0.2) is 9.97 Å². The van der Waals surface area contributed by atoms with Crippen LogP contribution in [-0.2, 0) is 6.18 Å². The first kappa shape index (κ1) is 23.0. The number of nitrogens with one attached hydrogen (secondary N) is 2. The highest BCUT2D eigenvalue weighted by Crippen LogP contribution is 2.40. The molecule has 0 amide bonds. The number of aromatic amines is 1. The zero-order valence-corrected chi connectivity index (χ0v) is 19.7. The van der Waals surface area contributed by atoms with Crippen molar-refractivity contribution < 1.29 is 13.2 Å². The minimum Gasteiger partial charge on any atom is -0.360 e. The molecule has 1 fully saturated rings. The smallest absolute Gasteiger partial charge is 0.360 e. The average Bonchev–Trinajstić information content (AvgIpc) is 3.33. The van der Waals surface area contributed by atoms with Gasteiger partial charge in [0, 0.05) is 35.9 Å². The SMILES string of the molecule is CN(C)C[C@@H]1CCC[C@@H]1Nc1ncc(C(F)(F)F)c(-c2c[nH]c3c(P(C)C)cccc23)n1. The van der Waals surface area contributed by atoms with Gasteiger partial charge in [-0.3, -0.25) is 0 Å². The second kappa shape index (κ2) is 8.99. The third-order valence-corrected chi connectivity index (χ3v) is 7.43. The zero-order chi connectivity index (χ0) is 23.0. The maximum Gasteiger partial charge on any atom is 0.419 e. The van der Waals surface area contributed by atoms with Gasteiger partial charge < -0.3 is 15.2 Å². The molecule has 1 aliphatic rings. The van der Waals surface area contributed by atoms with Gasteiger partial charge in [-0.1, -0.05) is 32.5 Å². The first-order valence-corrected chi connectivity index (χ1v) is 13.0. The Morgan fingerprint density at radius 2 is 2.00 bits per heavy atom. The van der Waals surface area contributed by atoms with E-state index in [1.807, 2.05) is 32.3 Å². The third-order valence-electron chi connectivity index (χ3n) is 6.10. The normalized spacial score (nSPS) is 19.4. The first-order chi connectivity index (χ1) is 15.1. The summed E-state index contributed by atoms with van der Waals surface area (Å²) < 4.78 is 41.6. The van der Waals surface area contributed by atoms with Crippen molar-refractivity contribution in [2.75, 3.05) is 39.3 Å². The van der Waals surface area contributed by atoms with E-state index in [1.54, 1.807) is 6.20 Å². The van der Waals surface area contributed by atoms with Crippen LogP contribution < -0.4 is 10.6 Å². The molecule has 0 radical (unpaired) electrons. The number of alkyl halides is 3. The zero-order valence-electron chi connectivity index (χ0n) is 18.8. The Morgan fingerprint density at radius 1 is 1.22 bits per heavy atom. The maximum absolute atomic E-state index is 13.9. The van der Waals surface area contributed by atoms with Crippen molar-refractivity contribution in [3.8, 4) is 11.3 Å². The highest BCUT2D eigenvalue weighted by Gasteiger charge is 2.36. The molecule has 2 aromatic heterocycles. The van der Waals surface area contributed by atoms with Crippen molar-refractivity contribution in [3.63, 3.8) is 0 Å². The van der Waals surface area contributed by atoms with Crippen LogP contribution in [0.3, 0.4) is 0 Å². The van der Waals surface area contributed by atoms with Crippen LogP contribution >= 0.6 is 7.92 Å². The third kappa shape index (κ3) is 4.62. The van der Waals surface area contributed by atoms with Gasteiger partial charge in [0.1, 0.15) is 5.56 Å². The Hall–Kier alpha value is -2.18. The summed E-state index contributed by atoms with van der Waals surface area (Å²) in [6.07, 6.45) is 1.15. The lowest BCUT2D eigenvalue weighted by molar-refractivity contribution is -0.137. The molecule has 2 N–H and O–H groups in total. The lowest BCUT2D eigenvalue weighted by Crippen LogP contribution is -2.32. The van der Waals surface area contributed by atoms with E-state index in [4.69, 9.17) is 0 Å². The molecule has 4 rings (SSSR count). The summed E-state index contributed by atoms with van der Waals surface area (Å²) >= 11 is 0. The molecule has 1 aromatic carbocycles. The number of rotatable bonds is 6. The molecule has 9 heteroatoms. The number of H-pyrrole nitrogens is 1. The highest BCUT2D eigenvalue weighted by molar-refractivity contribution is 7.64. The number of anilines is 1. The van der Waals surface area contributed by atoms with Gasteiger partial charge in [-0.2, -0.15) is 13.2 Å². The number of nitrogens with zero attached hydrogens (tertiary/aromatic N) is 3. The number of hydrogen-bond donors (Lipinski definition) is 2.